The molecule has 1 aromatic heterocycles. The zero-order valence-electron chi connectivity index (χ0n) is 23.9. The summed E-state index contributed by atoms with van der Waals surface area (Å²) in [5.41, 5.74) is 3.55. The molecule has 0 aliphatic carbocycles. The van der Waals surface area contributed by atoms with E-state index in [1.165, 1.54) is 11.1 Å². The third-order valence-corrected chi connectivity index (χ3v) is 7.26. The standard InChI is InChI=1S/C35H43N3O3/c39-31(27-41-34-22-9-21-33-32(34)20-10-25-37-33)26-36-24-11-23-35(40)38-30(18-7-16-28-12-3-1-4-13-28)19-8-17-29-14-5-2-6-15-29/h1-6,9-10,12-15,20-22,25,30-31,36,39H,7-8,11,16-19,23-24,26-27H2,(H,38,40)/t31-/m1/s1. The van der Waals surface area contributed by atoms with Gasteiger partial charge in [0.2, 0.25) is 5.91 Å². The summed E-state index contributed by atoms with van der Waals surface area (Å²) < 4.78 is 5.85. The first-order valence-electron chi connectivity index (χ1n) is 14.9. The van der Waals surface area contributed by atoms with Crippen molar-refractivity contribution in [1.82, 2.24) is 15.6 Å². The lowest BCUT2D eigenvalue weighted by atomic mass is 9.99. The summed E-state index contributed by atoms with van der Waals surface area (Å²) in [5.74, 6) is 0.818. The molecule has 1 atom stereocenters. The molecule has 4 aromatic rings. The second-order valence-corrected chi connectivity index (χ2v) is 10.6. The number of pyridine rings is 1. The summed E-state index contributed by atoms with van der Waals surface area (Å²) in [6.45, 7) is 1.26. The Bertz CT molecular complexity index is 1250. The molecule has 4 rings (SSSR count). The molecule has 216 valence electrons. The molecular formula is C35H43N3O3. The predicted octanol–water partition coefficient (Wildman–Crippen LogP) is 5.87. The Morgan fingerprint density at radius 2 is 1.49 bits per heavy atom. The topological polar surface area (TPSA) is 83.5 Å². The summed E-state index contributed by atoms with van der Waals surface area (Å²) in [4.78, 5) is 17.1. The van der Waals surface area contributed by atoms with Crippen molar-refractivity contribution in [2.45, 2.75) is 63.5 Å². The monoisotopic (exact) mass is 553 g/mol. The number of benzene rings is 3. The molecule has 3 aromatic carbocycles. The molecule has 0 aliphatic rings. The van der Waals surface area contributed by atoms with Crippen molar-refractivity contribution >= 4 is 16.8 Å². The lowest BCUT2D eigenvalue weighted by molar-refractivity contribution is -0.122. The Kier molecular flexibility index (Phi) is 12.6. The van der Waals surface area contributed by atoms with E-state index < -0.39 is 6.10 Å². The number of nitrogens with zero attached hydrogens (tertiary/aromatic N) is 1. The number of aryl methyl sites for hydroxylation is 2. The molecule has 6 nitrogen and oxygen atoms in total. The van der Waals surface area contributed by atoms with E-state index in [9.17, 15) is 9.90 Å². The van der Waals surface area contributed by atoms with E-state index in [2.05, 4.69) is 64.1 Å². The maximum Gasteiger partial charge on any atom is 0.220 e. The van der Waals surface area contributed by atoms with Gasteiger partial charge in [0.05, 0.1) is 5.52 Å². The highest BCUT2D eigenvalue weighted by Crippen LogP contribution is 2.23. The van der Waals surface area contributed by atoms with E-state index in [1.54, 1.807) is 6.20 Å². The number of hydrogen-bond acceptors (Lipinski definition) is 5. The van der Waals surface area contributed by atoms with E-state index in [0.717, 1.165) is 55.8 Å². The number of aliphatic hydroxyl groups is 1. The summed E-state index contributed by atoms with van der Waals surface area (Å²) in [5, 5.41) is 17.8. The molecule has 0 radical (unpaired) electrons. The first kappa shape index (κ1) is 30.2. The second kappa shape index (κ2) is 17.2. The molecule has 0 bridgehead atoms. The fraction of sp³-hybridized carbons (Fsp3) is 0.371. The Balaban J connectivity index is 1.13. The van der Waals surface area contributed by atoms with E-state index >= 15 is 0 Å². The number of amides is 1. The van der Waals surface area contributed by atoms with Gasteiger partial charge in [-0.25, -0.2) is 0 Å². The summed E-state index contributed by atoms with van der Waals surface area (Å²) in [7, 11) is 0. The van der Waals surface area contributed by atoms with Gasteiger partial charge in [0.15, 0.2) is 0 Å². The third kappa shape index (κ3) is 11.0. The minimum atomic E-state index is -0.644. The summed E-state index contributed by atoms with van der Waals surface area (Å²) in [6.07, 6.45) is 8.41. The number of hydrogen-bond donors (Lipinski definition) is 3. The Labute approximate surface area is 244 Å². The smallest absolute Gasteiger partial charge is 0.220 e. The molecule has 1 amide bonds. The van der Waals surface area contributed by atoms with Crippen LogP contribution in [0.1, 0.15) is 49.7 Å². The van der Waals surface area contributed by atoms with Crippen molar-refractivity contribution < 1.29 is 14.6 Å². The molecule has 0 spiro atoms. The first-order valence-corrected chi connectivity index (χ1v) is 14.9. The van der Waals surface area contributed by atoms with Crippen molar-refractivity contribution in [3.05, 3.63) is 108 Å². The maximum atomic E-state index is 12.8. The Morgan fingerprint density at radius 1 is 0.805 bits per heavy atom. The molecule has 0 aliphatic heterocycles. The zero-order valence-corrected chi connectivity index (χ0v) is 23.9. The van der Waals surface area contributed by atoms with Gasteiger partial charge < -0.3 is 20.5 Å². The van der Waals surface area contributed by atoms with Crippen LogP contribution in [0.15, 0.2) is 97.2 Å². The molecule has 41 heavy (non-hydrogen) atoms. The van der Waals surface area contributed by atoms with Gasteiger partial charge in [-0.1, -0.05) is 66.7 Å². The SMILES string of the molecule is O=C(CCCNC[C@@H](O)COc1cccc2ncccc12)NC(CCCc1ccccc1)CCCc1ccccc1. The van der Waals surface area contributed by atoms with Crippen LogP contribution in [0, 0.1) is 0 Å². The van der Waals surface area contributed by atoms with E-state index in [1.807, 2.05) is 42.5 Å². The van der Waals surface area contributed by atoms with Crippen LogP contribution in [-0.2, 0) is 17.6 Å². The third-order valence-electron chi connectivity index (χ3n) is 7.26. The van der Waals surface area contributed by atoms with E-state index in [4.69, 9.17) is 4.74 Å². The molecule has 0 saturated heterocycles. The first-order chi connectivity index (χ1) is 20.2. The summed E-state index contributed by atoms with van der Waals surface area (Å²) >= 11 is 0. The molecule has 0 fully saturated rings. The molecule has 1 heterocycles. The number of ether oxygens (including phenoxy) is 1. The highest BCUT2D eigenvalue weighted by molar-refractivity contribution is 5.84. The number of rotatable bonds is 18. The highest BCUT2D eigenvalue weighted by atomic mass is 16.5. The number of carbonyl (C=O) groups is 1. The van der Waals surface area contributed by atoms with Crippen LogP contribution >= 0.6 is 0 Å². The van der Waals surface area contributed by atoms with Crippen LogP contribution in [0.4, 0.5) is 0 Å². The normalized spacial score (nSPS) is 12.0. The van der Waals surface area contributed by atoms with Crippen LogP contribution < -0.4 is 15.4 Å². The van der Waals surface area contributed by atoms with Gasteiger partial charge in [0, 0.05) is 30.6 Å². The highest BCUT2D eigenvalue weighted by Gasteiger charge is 2.13. The van der Waals surface area contributed by atoms with E-state index in [-0.39, 0.29) is 18.6 Å². The van der Waals surface area contributed by atoms with Crippen LogP contribution in [0.5, 0.6) is 5.75 Å². The molecule has 0 saturated carbocycles. The van der Waals surface area contributed by atoms with Crippen molar-refractivity contribution in [2.24, 2.45) is 0 Å². The number of aromatic nitrogens is 1. The van der Waals surface area contributed by atoms with Crippen molar-refractivity contribution in [2.75, 3.05) is 19.7 Å². The predicted molar refractivity (Wildman–Crippen MR) is 166 cm³/mol. The average molecular weight is 554 g/mol. The minimum Gasteiger partial charge on any atom is -0.490 e. The largest absolute Gasteiger partial charge is 0.490 e. The molecular weight excluding hydrogens is 510 g/mol. The average Bonchev–Trinajstić information content (AvgIpc) is 3.01. The van der Waals surface area contributed by atoms with Crippen molar-refractivity contribution in [1.29, 1.82) is 0 Å². The number of fused-ring (bicyclic) bond motifs is 1. The molecule has 0 unspecified atom stereocenters. The van der Waals surface area contributed by atoms with Gasteiger partial charge in [-0.15, -0.1) is 0 Å². The zero-order chi connectivity index (χ0) is 28.5. The fourth-order valence-electron chi connectivity index (χ4n) is 5.07. The quantitative estimate of drug-likeness (QED) is 0.134. The van der Waals surface area contributed by atoms with Gasteiger partial charge in [-0.3, -0.25) is 9.78 Å². The number of carbonyl (C=O) groups excluding carboxylic acids is 1. The fourth-order valence-corrected chi connectivity index (χ4v) is 5.07. The van der Waals surface area contributed by atoms with Gasteiger partial charge in [-0.05, 0) is 86.9 Å². The molecule has 6 heteroatoms. The lowest BCUT2D eigenvalue weighted by Gasteiger charge is -2.19. The number of nitrogens with one attached hydrogen (secondary N) is 2. The minimum absolute atomic E-state index is 0.102. The van der Waals surface area contributed by atoms with Crippen LogP contribution in [0.3, 0.4) is 0 Å². The second-order valence-electron chi connectivity index (χ2n) is 10.6. The van der Waals surface area contributed by atoms with Gasteiger partial charge in [0.25, 0.3) is 0 Å². The Hall–Kier alpha value is -3.74. The maximum absolute atomic E-state index is 12.8. The van der Waals surface area contributed by atoms with Gasteiger partial charge >= 0.3 is 0 Å². The van der Waals surface area contributed by atoms with Crippen molar-refractivity contribution in [3.8, 4) is 5.75 Å². The summed E-state index contributed by atoms with van der Waals surface area (Å²) in [6, 6.07) is 30.8. The van der Waals surface area contributed by atoms with Gasteiger partial charge in [-0.2, -0.15) is 0 Å². The van der Waals surface area contributed by atoms with Crippen molar-refractivity contribution in [3.63, 3.8) is 0 Å². The van der Waals surface area contributed by atoms with E-state index in [0.29, 0.717) is 25.3 Å². The van der Waals surface area contributed by atoms with Crippen LogP contribution in [0.25, 0.3) is 10.9 Å². The van der Waals surface area contributed by atoms with Crippen LogP contribution in [-0.4, -0.2) is 47.8 Å². The number of aliphatic hydroxyl groups excluding tert-OH is 1. The Morgan fingerprint density at radius 3 is 2.17 bits per heavy atom. The van der Waals surface area contributed by atoms with Crippen LogP contribution in [0.2, 0.25) is 0 Å². The lowest BCUT2D eigenvalue weighted by Crippen LogP contribution is -2.36. The molecule has 3 N–H and O–H groups in total. The van der Waals surface area contributed by atoms with Gasteiger partial charge in [0.1, 0.15) is 18.5 Å².